The number of H-pyrrole nitrogens is 1. The van der Waals surface area contributed by atoms with Crippen LogP contribution in [0.3, 0.4) is 0 Å². The maximum atomic E-state index is 5.43. The molecule has 1 aromatic heterocycles. The SMILES string of the molecule is COc1cc(Br)c(Cc2c(C)[nH]c3ccc(C)cc23)cc1OC. The van der Waals surface area contributed by atoms with Crippen LogP contribution < -0.4 is 9.47 Å². The number of benzene rings is 2. The maximum absolute atomic E-state index is 5.43. The molecule has 0 bridgehead atoms. The van der Waals surface area contributed by atoms with Crippen LogP contribution in [0.4, 0.5) is 0 Å². The van der Waals surface area contributed by atoms with Crippen molar-refractivity contribution in [2.24, 2.45) is 0 Å². The Morgan fingerprint density at radius 1 is 1.00 bits per heavy atom. The van der Waals surface area contributed by atoms with E-state index in [0.29, 0.717) is 0 Å². The molecule has 0 unspecified atom stereocenters. The fourth-order valence-corrected chi connectivity index (χ4v) is 3.41. The summed E-state index contributed by atoms with van der Waals surface area (Å²) in [4.78, 5) is 3.47. The molecule has 0 amide bonds. The standard InChI is InChI=1S/C19H20BrNO2/c1-11-5-6-17-15(7-11)14(12(2)21-17)8-13-9-18(22-3)19(23-4)10-16(13)20/h5-7,9-10,21H,8H2,1-4H3. The molecule has 0 saturated carbocycles. The van der Waals surface area contributed by atoms with Crippen LogP contribution in [0.2, 0.25) is 0 Å². The lowest BCUT2D eigenvalue weighted by Crippen LogP contribution is -1.96. The van der Waals surface area contributed by atoms with Crippen LogP contribution in [-0.4, -0.2) is 19.2 Å². The van der Waals surface area contributed by atoms with Gasteiger partial charge >= 0.3 is 0 Å². The summed E-state index contributed by atoms with van der Waals surface area (Å²) >= 11 is 3.65. The van der Waals surface area contributed by atoms with E-state index in [1.165, 1.54) is 33.3 Å². The Balaban J connectivity index is 2.09. The molecule has 0 fully saturated rings. The second-order valence-corrected chi connectivity index (χ2v) is 6.61. The van der Waals surface area contributed by atoms with Crippen LogP contribution in [0.1, 0.15) is 22.4 Å². The van der Waals surface area contributed by atoms with E-state index in [1.807, 2.05) is 12.1 Å². The number of hydrogen-bond acceptors (Lipinski definition) is 2. The van der Waals surface area contributed by atoms with Crippen LogP contribution in [-0.2, 0) is 6.42 Å². The molecule has 120 valence electrons. The van der Waals surface area contributed by atoms with Gasteiger partial charge in [0.1, 0.15) is 0 Å². The minimum Gasteiger partial charge on any atom is -0.493 e. The van der Waals surface area contributed by atoms with E-state index in [9.17, 15) is 0 Å². The molecule has 1 heterocycles. The number of ether oxygens (including phenoxy) is 2. The maximum Gasteiger partial charge on any atom is 0.161 e. The number of fused-ring (bicyclic) bond motifs is 1. The summed E-state index contributed by atoms with van der Waals surface area (Å²) in [5.41, 5.74) is 6.14. The quantitative estimate of drug-likeness (QED) is 0.685. The first-order chi connectivity index (χ1) is 11.0. The Bertz CT molecular complexity index is 867. The highest BCUT2D eigenvalue weighted by Crippen LogP contribution is 2.35. The summed E-state index contributed by atoms with van der Waals surface area (Å²) in [5.74, 6) is 1.48. The number of hydrogen-bond donors (Lipinski definition) is 1. The second-order valence-electron chi connectivity index (χ2n) is 5.75. The van der Waals surface area contributed by atoms with Crippen molar-refractivity contribution in [3.05, 3.63) is 57.2 Å². The fraction of sp³-hybridized carbons (Fsp3) is 0.263. The zero-order valence-electron chi connectivity index (χ0n) is 13.8. The van der Waals surface area contributed by atoms with Gasteiger partial charge in [0.2, 0.25) is 0 Å². The summed E-state index contributed by atoms with van der Waals surface area (Å²) in [6, 6.07) is 10.5. The third-order valence-corrected chi connectivity index (χ3v) is 4.93. The first-order valence-electron chi connectivity index (χ1n) is 7.51. The molecule has 0 saturated heterocycles. The van der Waals surface area contributed by atoms with Gasteiger partial charge < -0.3 is 14.5 Å². The van der Waals surface area contributed by atoms with E-state index in [0.717, 1.165) is 22.4 Å². The molecule has 2 aromatic carbocycles. The molecule has 0 aliphatic carbocycles. The molecule has 1 N–H and O–H groups in total. The molecule has 4 heteroatoms. The van der Waals surface area contributed by atoms with Gasteiger partial charge in [-0.25, -0.2) is 0 Å². The largest absolute Gasteiger partial charge is 0.493 e. The highest BCUT2D eigenvalue weighted by molar-refractivity contribution is 9.10. The molecule has 0 spiro atoms. The van der Waals surface area contributed by atoms with Crippen molar-refractivity contribution in [1.29, 1.82) is 0 Å². The lowest BCUT2D eigenvalue weighted by atomic mass is 10.0. The normalized spacial score (nSPS) is 11.0. The lowest BCUT2D eigenvalue weighted by molar-refractivity contribution is 0.354. The van der Waals surface area contributed by atoms with Crippen molar-refractivity contribution < 1.29 is 9.47 Å². The minimum absolute atomic E-state index is 0.731. The van der Waals surface area contributed by atoms with Gasteiger partial charge in [0, 0.05) is 27.5 Å². The van der Waals surface area contributed by atoms with Gasteiger partial charge in [-0.2, -0.15) is 0 Å². The molecular weight excluding hydrogens is 354 g/mol. The van der Waals surface area contributed by atoms with Gasteiger partial charge in [0.25, 0.3) is 0 Å². The van der Waals surface area contributed by atoms with Crippen LogP contribution in [0, 0.1) is 13.8 Å². The van der Waals surface area contributed by atoms with Crippen LogP contribution in [0.15, 0.2) is 34.8 Å². The van der Waals surface area contributed by atoms with Gasteiger partial charge in [0.15, 0.2) is 11.5 Å². The van der Waals surface area contributed by atoms with Crippen molar-refractivity contribution in [3.8, 4) is 11.5 Å². The summed E-state index contributed by atoms with van der Waals surface area (Å²) in [6.07, 6.45) is 0.830. The Labute approximate surface area is 144 Å². The summed E-state index contributed by atoms with van der Waals surface area (Å²) < 4.78 is 11.8. The Hall–Kier alpha value is -1.94. The van der Waals surface area contributed by atoms with Gasteiger partial charge in [-0.3, -0.25) is 0 Å². The molecule has 23 heavy (non-hydrogen) atoms. The minimum atomic E-state index is 0.731. The first kappa shape index (κ1) is 15.9. The molecule has 3 nitrogen and oxygen atoms in total. The average Bonchev–Trinajstić information content (AvgIpc) is 2.84. The average molecular weight is 374 g/mol. The van der Waals surface area contributed by atoms with E-state index in [1.54, 1.807) is 14.2 Å². The van der Waals surface area contributed by atoms with E-state index in [-0.39, 0.29) is 0 Å². The molecular formula is C19H20BrNO2. The van der Waals surface area contributed by atoms with Crippen molar-refractivity contribution in [2.75, 3.05) is 14.2 Å². The third-order valence-electron chi connectivity index (χ3n) is 4.19. The fourth-order valence-electron chi connectivity index (χ4n) is 2.95. The molecule has 0 radical (unpaired) electrons. The van der Waals surface area contributed by atoms with Crippen molar-refractivity contribution in [1.82, 2.24) is 4.98 Å². The highest BCUT2D eigenvalue weighted by atomic mass is 79.9. The van der Waals surface area contributed by atoms with Crippen LogP contribution in [0.5, 0.6) is 11.5 Å². The van der Waals surface area contributed by atoms with E-state index in [2.05, 4.69) is 53.0 Å². The number of aromatic amines is 1. The number of aromatic nitrogens is 1. The molecule has 3 rings (SSSR count). The topological polar surface area (TPSA) is 34.2 Å². The predicted molar refractivity (Wildman–Crippen MR) is 97.8 cm³/mol. The summed E-state index contributed by atoms with van der Waals surface area (Å²) in [7, 11) is 3.31. The number of halogens is 1. The second kappa shape index (κ2) is 6.28. The smallest absolute Gasteiger partial charge is 0.161 e. The van der Waals surface area contributed by atoms with Gasteiger partial charge in [-0.15, -0.1) is 0 Å². The van der Waals surface area contributed by atoms with Crippen molar-refractivity contribution in [2.45, 2.75) is 20.3 Å². The third kappa shape index (κ3) is 2.95. The van der Waals surface area contributed by atoms with Gasteiger partial charge in [-0.1, -0.05) is 27.6 Å². The van der Waals surface area contributed by atoms with E-state index < -0.39 is 0 Å². The Kier molecular flexibility index (Phi) is 4.35. The van der Waals surface area contributed by atoms with Crippen LogP contribution in [0.25, 0.3) is 10.9 Å². The van der Waals surface area contributed by atoms with Gasteiger partial charge in [0.05, 0.1) is 14.2 Å². The van der Waals surface area contributed by atoms with Gasteiger partial charge in [-0.05, 0) is 49.2 Å². The van der Waals surface area contributed by atoms with Crippen molar-refractivity contribution >= 4 is 26.8 Å². The number of nitrogens with one attached hydrogen (secondary N) is 1. The Morgan fingerprint density at radius 2 is 1.70 bits per heavy atom. The summed E-state index contributed by atoms with van der Waals surface area (Å²) in [5, 5.41) is 1.28. The molecule has 3 aromatic rings. The molecule has 0 aliphatic rings. The van der Waals surface area contributed by atoms with Crippen LogP contribution >= 0.6 is 15.9 Å². The van der Waals surface area contributed by atoms with Crippen molar-refractivity contribution in [3.63, 3.8) is 0 Å². The highest BCUT2D eigenvalue weighted by Gasteiger charge is 2.14. The van der Waals surface area contributed by atoms with E-state index >= 15 is 0 Å². The summed E-state index contributed by atoms with van der Waals surface area (Å²) in [6.45, 7) is 4.25. The lowest BCUT2D eigenvalue weighted by Gasteiger charge is -2.12. The number of methoxy groups -OCH3 is 2. The number of aryl methyl sites for hydroxylation is 2. The molecule has 0 aliphatic heterocycles. The zero-order valence-corrected chi connectivity index (χ0v) is 15.4. The van der Waals surface area contributed by atoms with E-state index in [4.69, 9.17) is 9.47 Å². The number of rotatable bonds is 4. The Morgan fingerprint density at radius 3 is 2.39 bits per heavy atom. The predicted octanol–water partition coefficient (Wildman–Crippen LogP) is 5.16. The zero-order chi connectivity index (χ0) is 16.6. The monoisotopic (exact) mass is 373 g/mol. The molecule has 0 atom stereocenters. The first-order valence-corrected chi connectivity index (χ1v) is 8.31.